The van der Waals surface area contributed by atoms with Crippen LogP contribution in [0.15, 0.2) is 18.2 Å². The molecular formula is C12H16ClFN2O. The second kappa shape index (κ2) is 5.98. The van der Waals surface area contributed by atoms with Crippen LogP contribution in [0.2, 0.25) is 0 Å². The SMILES string of the molecule is Cc1ccc(F)cc1NC(=O)C1CCCN1.Cl. The number of hydrogen-bond donors (Lipinski definition) is 2. The van der Waals surface area contributed by atoms with Crippen LogP contribution in [0.25, 0.3) is 0 Å². The van der Waals surface area contributed by atoms with E-state index in [1.165, 1.54) is 12.1 Å². The van der Waals surface area contributed by atoms with Gasteiger partial charge in [0.05, 0.1) is 6.04 Å². The predicted octanol–water partition coefficient (Wildman–Crippen LogP) is 2.25. The fraction of sp³-hybridized carbons (Fsp3) is 0.417. The zero-order valence-electron chi connectivity index (χ0n) is 9.63. The maximum atomic E-state index is 13.0. The Kier molecular flexibility index (Phi) is 4.90. The highest BCUT2D eigenvalue weighted by Gasteiger charge is 2.22. The van der Waals surface area contributed by atoms with E-state index in [2.05, 4.69) is 10.6 Å². The fourth-order valence-corrected chi connectivity index (χ4v) is 1.86. The van der Waals surface area contributed by atoms with Gasteiger partial charge in [0.25, 0.3) is 0 Å². The van der Waals surface area contributed by atoms with Crippen LogP contribution in [0.1, 0.15) is 18.4 Å². The van der Waals surface area contributed by atoms with Crippen molar-refractivity contribution in [3.8, 4) is 0 Å². The molecule has 1 aliphatic rings. The lowest BCUT2D eigenvalue weighted by Crippen LogP contribution is -2.35. The molecule has 17 heavy (non-hydrogen) atoms. The van der Waals surface area contributed by atoms with E-state index in [1.807, 2.05) is 6.92 Å². The first-order valence-electron chi connectivity index (χ1n) is 5.47. The highest BCUT2D eigenvalue weighted by atomic mass is 35.5. The largest absolute Gasteiger partial charge is 0.324 e. The third kappa shape index (κ3) is 3.41. The van der Waals surface area contributed by atoms with Crippen molar-refractivity contribution in [2.24, 2.45) is 0 Å². The van der Waals surface area contributed by atoms with Gasteiger partial charge in [0.2, 0.25) is 5.91 Å². The third-order valence-corrected chi connectivity index (χ3v) is 2.83. The molecule has 1 atom stereocenters. The molecule has 1 fully saturated rings. The lowest BCUT2D eigenvalue weighted by atomic mass is 10.1. The summed E-state index contributed by atoms with van der Waals surface area (Å²) in [6.45, 7) is 2.72. The number of halogens is 2. The standard InChI is InChI=1S/C12H15FN2O.ClH/c1-8-4-5-9(13)7-11(8)15-12(16)10-3-2-6-14-10;/h4-5,7,10,14H,2-3,6H2,1H3,(H,15,16);1H. The Bertz CT molecular complexity index is 405. The highest BCUT2D eigenvalue weighted by molar-refractivity contribution is 5.95. The molecule has 1 aliphatic heterocycles. The molecule has 0 bridgehead atoms. The van der Waals surface area contributed by atoms with Crippen LogP contribution < -0.4 is 10.6 Å². The molecule has 3 nitrogen and oxygen atoms in total. The fourth-order valence-electron chi connectivity index (χ4n) is 1.86. The van der Waals surface area contributed by atoms with Gasteiger partial charge in [-0.05, 0) is 44.0 Å². The summed E-state index contributed by atoms with van der Waals surface area (Å²) < 4.78 is 13.0. The topological polar surface area (TPSA) is 41.1 Å². The summed E-state index contributed by atoms with van der Waals surface area (Å²) in [5.41, 5.74) is 1.42. The maximum Gasteiger partial charge on any atom is 0.241 e. The number of carbonyl (C=O) groups is 1. The monoisotopic (exact) mass is 258 g/mol. The normalized spacial score (nSPS) is 18.6. The number of aryl methyl sites for hydroxylation is 1. The van der Waals surface area contributed by atoms with Crippen molar-refractivity contribution in [3.05, 3.63) is 29.6 Å². The minimum absolute atomic E-state index is 0. The Labute approximate surface area is 106 Å². The molecule has 0 radical (unpaired) electrons. The molecule has 1 unspecified atom stereocenters. The first-order chi connectivity index (χ1) is 7.66. The summed E-state index contributed by atoms with van der Waals surface area (Å²) in [4.78, 5) is 11.8. The highest BCUT2D eigenvalue weighted by Crippen LogP contribution is 2.17. The van der Waals surface area contributed by atoms with Crippen LogP contribution in [0, 0.1) is 12.7 Å². The molecule has 2 rings (SSSR count). The molecule has 0 saturated carbocycles. The average molecular weight is 259 g/mol. The van der Waals surface area contributed by atoms with Crippen LogP contribution in [-0.4, -0.2) is 18.5 Å². The average Bonchev–Trinajstić information content (AvgIpc) is 2.76. The van der Waals surface area contributed by atoms with E-state index >= 15 is 0 Å². The predicted molar refractivity (Wildman–Crippen MR) is 68.0 cm³/mol. The number of nitrogens with one attached hydrogen (secondary N) is 2. The van der Waals surface area contributed by atoms with E-state index in [9.17, 15) is 9.18 Å². The van der Waals surface area contributed by atoms with Gasteiger partial charge in [-0.3, -0.25) is 4.79 Å². The molecule has 2 N–H and O–H groups in total. The molecule has 1 aromatic rings. The zero-order valence-corrected chi connectivity index (χ0v) is 10.4. The molecule has 0 spiro atoms. The van der Waals surface area contributed by atoms with E-state index in [0.717, 1.165) is 24.9 Å². The summed E-state index contributed by atoms with van der Waals surface area (Å²) in [6.07, 6.45) is 1.86. The van der Waals surface area contributed by atoms with Crippen LogP contribution in [-0.2, 0) is 4.79 Å². The van der Waals surface area contributed by atoms with Gasteiger partial charge >= 0.3 is 0 Å². The third-order valence-electron chi connectivity index (χ3n) is 2.83. The van der Waals surface area contributed by atoms with Crippen LogP contribution >= 0.6 is 12.4 Å². The Morgan fingerprint density at radius 3 is 2.94 bits per heavy atom. The Balaban J connectivity index is 0.00000144. The molecule has 1 saturated heterocycles. The Hall–Kier alpha value is -1.13. The van der Waals surface area contributed by atoms with E-state index in [-0.39, 0.29) is 30.2 Å². The molecule has 1 heterocycles. The van der Waals surface area contributed by atoms with Crippen molar-refractivity contribution in [1.82, 2.24) is 5.32 Å². The number of anilines is 1. The summed E-state index contributed by atoms with van der Waals surface area (Å²) in [5.74, 6) is -0.411. The molecule has 0 aromatic heterocycles. The van der Waals surface area contributed by atoms with E-state index < -0.39 is 0 Å². The number of hydrogen-bond acceptors (Lipinski definition) is 2. The van der Waals surface area contributed by atoms with Crippen molar-refractivity contribution < 1.29 is 9.18 Å². The first kappa shape index (κ1) is 13.9. The second-order valence-corrected chi connectivity index (χ2v) is 4.10. The molecule has 1 amide bonds. The van der Waals surface area contributed by atoms with Gasteiger partial charge in [-0.25, -0.2) is 4.39 Å². The summed E-state index contributed by atoms with van der Waals surface area (Å²) in [7, 11) is 0. The van der Waals surface area contributed by atoms with Gasteiger partial charge < -0.3 is 10.6 Å². The van der Waals surface area contributed by atoms with Crippen molar-refractivity contribution in [2.45, 2.75) is 25.8 Å². The van der Waals surface area contributed by atoms with Gasteiger partial charge in [0.15, 0.2) is 0 Å². The Morgan fingerprint density at radius 1 is 1.53 bits per heavy atom. The summed E-state index contributed by atoms with van der Waals surface area (Å²) in [6, 6.07) is 4.26. The van der Waals surface area contributed by atoms with E-state index in [4.69, 9.17) is 0 Å². The van der Waals surface area contributed by atoms with Gasteiger partial charge in [-0.15, -0.1) is 12.4 Å². The minimum atomic E-state index is -0.333. The molecule has 0 aliphatic carbocycles. The van der Waals surface area contributed by atoms with Gasteiger partial charge in [0.1, 0.15) is 5.82 Å². The lowest BCUT2D eigenvalue weighted by molar-refractivity contribution is -0.117. The zero-order chi connectivity index (χ0) is 11.5. The molecule has 1 aromatic carbocycles. The summed E-state index contributed by atoms with van der Waals surface area (Å²) in [5, 5.41) is 5.86. The van der Waals surface area contributed by atoms with Gasteiger partial charge in [-0.2, -0.15) is 0 Å². The van der Waals surface area contributed by atoms with E-state index in [0.29, 0.717) is 5.69 Å². The number of rotatable bonds is 2. The van der Waals surface area contributed by atoms with Crippen LogP contribution in [0.5, 0.6) is 0 Å². The second-order valence-electron chi connectivity index (χ2n) is 4.10. The van der Waals surface area contributed by atoms with E-state index in [1.54, 1.807) is 6.07 Å². The van der Waals surface area contributed by atoms with Crippen molar-refractivity contribution in [3.63, 3.8) is 0 Å². The van der Waals surface area contributed by atoms with Crippen molar-refractivity contribution >= 4 is 24.0 Å². The maximum absolute atomic E-state index is 13.0. The molecular weight excluding hydrogens is 243 g/mol. The van der Waals surface area contributed by atoms with Gasteiger partial charge in [0, 0.05) is 5.69 Å². The van der Waals surface area contributed by atoms with Crippen molar-refractivity contribution in [2.75, 3.05) is 11.9 Å². The Morgan fingerprint density at radius 2 is 2.29 bits per heavy atom. The number of benzene rings is 1. The lowest BCUT2D eigenvalue weighted by Gasteiger charge is -2.12. The van der Waals surface area contributed by atoms with Crippen LogP contribution in [0.4, 0.5) is 10.1 Å². The van der Waals surface area contributed by atoms with Crippen molar-refractivity contribution in [1.29, 1.82) is 0 Å². The number of amides is 1. The smallest absolute Gasteiger partial charge is 0.241 e. The molecule has 5 heteroatoms. The van der Waals surface area contributed by atoms with Crippen LogP contribution in [0.3, 0.4) is 0 Å². The minimum Gasteiger partial charge on any atom is -0.324 e. The van der Waals surface area contributed by atoms with Gasteiger partial charge in [-0.1, -0.05) is 6.07 Å². The first-order valence-corrected chi connectivity index (χ1v) is 5.47. The quantitative estimate of drug-likeness (QED) is 0.854. The molecule has 94 valence electrons. The summed E-state index contributed by atoms with van der Waals surface area (Å²) >= 11 is 0. The number of carbonyl (C=O) groups excluding carboxylic acids is 1.